The lowest BCUT2D eigenvalue weighted by atomic mass is 10.1. The normalized spacial score (nSPS) is 16.9. The molecule has 130 valence electrons. The fourth-order valence-corrected chi connectivity index (χ4v) is 2.65. The highest BCUT2D eigenvalue weighted by Gasteiger charge is 2.35. The van der Waals surface area contributed by atoms with Crippen molar-refractivity contribution in [2.75, 3.05) is 11.9 Å². The Morgan fingerprint density at radius 1 is 1.44 bits per heavy atom. The van der Waals surface area contributed by atoms with Gasteiger partial charge in [0.15, 0.2) is 0 Å². The summed E-state index contributed by atoms with van der Waals surface area (Å²) in [5, 5.41) is 13.1. The molecule has 1 aromatic heterocycles. The second-order valence-electron chi connectivity index (χ2n) is 5.67. The van der Waals surface area contributed by atoms with E-state index in [9.17, 15) is 24.1 Å². The molecule has 0 bridgehead atoms. The van der Waals surface area contributed by atoms with Crippen molar-refractivity contribution in [1.82, 2.24) is 4.90 Å². The van der Waals surface area contributed by atoms with Gasteiger partial charge in [-0.3, -0.25) is 19.7 Å². The van der Waals surface area contributed by atoms with Crippen LogP contribution in [0.4, 0.5) is 15.8 Å². The minimum atomic E-state index is -0.782. The molecule has 25 heavy (non-hydrogen) atoms. The molecule has 1 saturated heterocycles. The summed E-state index contributed by atoms with van der Waals surface area (Å²) in [6.07, 6.45) is 1.48. The summed E-state index contributed by atoms with van der Waals surface area (Å²) in [6, 6.07) is 6.29. The number of carbonyl (C=O) groups is 2. The fourth-order valence-electron chi connectivity index (χ4n) is 2.65. The number of furan rings is 1. The lowest BCUT2D eigenvalue weighted by molar-refractivity contribution is -0.384. The van der Waals surface area contributed by atoms with Crippen LogP contribution in [0.1, 0.15) is 12.2 Å². The third-order valence-electron chi connectivity index (χ3n) is 3.93. The maximum absolute atomic E-state index is 13.8. The van der Waals surface area contributed by atoms with Gasteiger partial charge in [0.2, 0.25) is 11.8 Å². The molecule has 9 heteroatoms. The van der Waals surface area contributed by atoms with Crippen molar-refractivity contribution in [3.63, 3.8) is 0 Å². The van der Waals surface area contributed by atoms with Crippen molar-refractivity contribution >= 4 is 23.2 Å². The van der Waals surface area contributed by atoms with Gasteiger partial charge < -0.3 is 14.6 Å². The molecule has 1 unspecified atom stereocenters. The number of nitrogens with zero attached hydrogens (tertiary/aromatic N) is 2. The van der Waals surface area contributed by atoms with Gasteiger partial charge in [-0.25, -0.2) is 4.39 Å². The summed E-state index contributed by atoms with van der Waals surface area (Å²) in [5.74, 6) is -1.62. The highest BCUT2D eigenvalue weighted by Crippen LogP contribution is 2.25. The van der Waals surface area contributed by atoms with E-state index in [1.165, 1.54) is 11.2 Å². The van der Waals surface area contributed by atoms with E-state index >= 15 is 0 Å². The number of hydrogen-bond acceptors (Lipinski definition) is 5. The second kappa shape index (κ2) is 6.71. The van der Waals surface area contributed by atoms with Gasteiger partial charge in [0, 0.05) is 25.1 Å². The number of rotatable bonds is 5. The van der Waals surface area contributed by atoms with Gasteiger partial charge in [-0.2, -0.15) is 0 Å². The molecule has 1 N–H and O–H groups in total. The molecule has 2 heterocycles. The van der Waals surface area contributed by atoms with E-state index < -0.39 is 22.6 Å². The predicted molar refractivity (Wildman–Crippen MR) is 83.9 cm³/mol. The van der Waals surface area contributed by atoms with Crippen molar-refractivity contribution in [2.24, 2.45) is 5.92 Å². The molecule has 0 spiro atoms. The Balaban J connectivity index is 1.67. The quantitative estimate of drug-likeness (QED) is 0.660. The Hall–Kier alpha value is -3.23. The van der Waals surface area contributed by atoms with Gasteiger partial charge in [-0.15, -0.1) is 0 Å². The number of nitro groups is 1. The number of benzene rings is 1. The van der Waals surface area contributed by atoms with Crippen LogP contribution < -0.4 is 5.32 Å². The largest absolute Gasteiger partial charge is 0.467 e. The first kappa shape index (κ1) is 16.6. The highest BCUT2D eigenvalue weighted by molar-refractivity contribution is 5.97. The van der Waals surface area contributed by atoms with Crippen LogP contribution in [-0.2, 0) is 16.1 Å². The van der Waals surface area contributed by atoms with Gasteiger partial charge in [-0.1, -0.05) is 0 Å². The average molecular weight is 347 g/mol. The molecule has 1 aliphatic rings. The zero-order valence-electron chi connectivity index (χ0n) is 13.0. The Bertz CT molecular complexity index is 821. The van der Waals surface area contributed by atoms with E-state index in [-0.39, 0.29) is 36.8 Å². The first-order valence-electron chi connectivity index (χ1n) is 7.49. The van der Waals surface area contributed by atoms with Gasteiger partial charge in [0.25, 0.3) is 5.69 Å². The lowest BCUT2D eigenvalue weighted by Gasteiger charge is -2.15. The molecule has 2 amide bonds. The molecule has 1 aromatic carbocycles. The maximum Gasteiger partial charge on any atom is 0.271 e. The van der Waals surface area contributed by atoms with Crippen LogP contribution in [-0.4, -0.2) is 28.2 Å². The summed E-state index contributed by atoms with van der Waals surface area (Å²) in [5.41, 5.74) is -0.616. The van der Waals surface area contributed by atoms with Crippen LogP contribution in [0.3, 0.4) is 0 Å². The number of carbonyl (C=O) groups excluding carboxylic acids is 2. The molecule has 1 atom stereocenters. The van der Waals surface area contributed by atoms with E-state index in [1.54, 1.807) is 12.1 Å². The average Bonchev–Trinajstić information content (AvgIpc) is 3.20. The number of amides is 2. The van der Waals surface area contributed by atoms with E-state index in [0.29, 0.717) is 5.76 Å². The second-order valence-corrected chi connectivity index (χ2v) is 5.67. The first-order valence-corrected chi connectivity index (χ1v) is 7.49. The maximum atomic E-state index is 13.8. The number of non-ortho nitro benzene ring substituents is 1. The molecular weight excluding hydrogens is 333 g/mol. The number of nitrogens with one attached hydrogen (secondary N) is 1. The Kier molecular flexibility index (Phi) is 4.46. The highest BCUT2D eigenvalue weighted by atomic mass is 19.1. The van der Waals surface area contributed by atoms with E-state index in [2.05, 4.69) is 5.32 Å². The third-order valence-corrected chi connectivity index (χ3v) is 3.93. The standard InChI is InChI=1S/C16H14FN3O5/c17-13-4-3-11(20(23)24)7-14(13)18-16(22)10-6-15(21)19(8-10)9-12-2-1-5-25-12/h1-5,7,10H,6,8-9H2,(H,18,22). The van der Waals surface area contributed by atoms with Crippen molar-refractivity contribution in [3.05, 3.63) is 58.3 Å². The number of likely N-dealkylation sites (tertiary alicyclic amines) is 1. The van der Waals surface area contributed by atoms with Gasteiger partial charge in [0.05, 0.1) is 29.3 Å². The van der Waals surface area contributed by atoms with Gasteiger partial charge >= 0.3 is 0 Å². The summed E-state index contributed by atoms with van der Waals surface area (Å²) >= 11 is 0. The van der Waals surface area contributed by atoms with E-state index in [4.69, 9.17) is 4.42 Å². The van der Waals surface area contributed by atoms with Crippen LogP contribution in [0.15, 0.2) is 41.0 Å². The number of nitro benzene ring substituents is 1. The summed E-state index contributed by atoms with van der Waals surface area (Å²) in [7, 11) is 0. The molecule has 0 radical (unpaired) electrons. The molecule has 2 aromatic rings. The van der Waals surface area contributed by atoms with Crippen molar-refractivity contribution in [2.45, 2.75) is 13.0 Å². The van der Waals surface area contributed by atoms with Gasteiger partial charge in [0.1, 0.15) is 11.6 Å². The van der Waals surface area contributed by atoms with E-state index in [0.717, 1.165) is 18.2 Å². The Labute approximate surface area is 141 Å². The zero-order valence-corrected chi connectivity index (χ0v) is 13.0. The predicted octanol–water partition coefficient (Wildman–Crippen LogP) is 2.31. The van der Waals surface area contributed by atoms with Crippen LogP contribution in [0.25, 0.3) is 0 Å². The van der Waals surface area contributed by atoms with Crippen molar-refractivity contribution < 1.29 is 23.3 Å². The van der Waals surface area contributed by atoms with Gasteiger partial charge in [-0.05, 0) is 18.2 Å². The van der Waals surface area contributed by atoms with E-state index in [1.807, 2.05) is 0 Å². The van der Waals surface area contributed by atoms with Crippen molar-refractivity contribution in [1.29, 1.82) is 0 Å². The molecule has 1 aliphatic heterocycles. The Morgan fingerprint density at radius 3 is 2.92 bits per heavy atom. The van der Waals surface area contributed by atoms with Crippen LogP contribution in [0.2, 0.25) is 0 Å². The molecule has 0 saturated carbocycles. The molecular formula is C16H14FN3O5. The zero-order chi connectivity index (χ0) is 18.0. The van der Waals surface area contributed by atoms with Crippen LogP contribution in [0.5, 0.6) is 0 Å². The first-order chi connectivity index (χ1) is 11.9. The van der Waals surface area contributed by atoms with Crippen LogP contribution >= 0.6 is 0 Å². The third kappa shape index (κ3) is 3.65. The molecule has 0 aliphatic carbocycles. The minimum Gasteiger partial charge on any atom is -0.467 e. The number of halogens is 1. The van der Waals surface area contributed by atoms with Crippen molar-refractivity contribution in [3.8, 4) is 0 Å². The molecule has 8 nitrogen and oxygen atoms in total. The molecule has 1 fully saturated rings. The summed E-state index contributed by atoms with van der Waals surface area (Å²) < 4.78 is 18.9. The lowest BCUT2D eigenvalue weighted by Crippen LogP contribution is -2.28. The number of hydrogen-bond donors (Lipinski definition) is 1. The fraction of sp³-hybridized carbons (Fsp3) is 0.250. The summed E-state index contributed by atoms with van der Waals surface area (Å²) in [4.78, 5) is 35.9. The minimum absolute atomic E-state index is 0.0108. The SMILES string of the molecule is O=C(Nc1cc([N+](=O)[O-])ccc1F)C1CC(=O)N(Cc2ccco2)C1. The Morgan fingerprint density at radius 2 is 2.24 bits per heavy atom. The number of anilines is 1. The topological polar surface area (TPSA) is 106 Å². The molecule has 3 rings (SSSR count). The van der Waals surface area contributed by atoms with Crippen LogP contribution in [0, 0.1) is 21.8 Å². The monoisotopic (exact) mass is 347 g/mol. The smallest absolute Gasteiger partial charge is 0.271 e. The summed E-state index contributed by atoms with van der Waals surface area (Å²) in [6.45, 7) is 0.419.